The Kier molecular flexibility index (Phi) is 2.84. The monoisotopic (exact) mass is 270 g/mol. The molecule has 20 heavy (non-hydrogen) atoms. The zero-order chi connectivity index (χ0) is 13.4. The summed E-state index contributed by atoms with van der Waals surface area (Å²) in [6.45, 7) is 1.49. The summed E-state index contributed by atoms with van der Waals surface area (Å²) in [7, 11) is 0. The SMILES string of the molecule is c1ccc(C2(c3nnc(C4CC4)o3)CCOCC2)cc1. The van der Waals surface area contributed by atoms with Crippen molar-refractivity contribution in [2.24, 2.45) is 0 Å². The van der Waals surface area contributed by atoms with Gasteiger partial charge in [-0.15, -0.1) is 10.2 Å². The third kappa shape index (κ3) is 1.95. The van der Waals surface area contributed by atoms with Gasteiger partial charge in [-0.3, -0.25) is 0 Å². The second-order valence-corrected chi connectivity index (χ2v) is 5.78. The van der Waals surface area contributed by atoms with Crippen LogP contribution in [0.25, 0.3) is 0 Å². The molecule has 0 atom stereocenters. The van der Waals surface area contributed by atoms with Gasteiger partial charge in [0, 0.05) is 19.1 Å². The molecular weight excluding hydrogens is 252 g/mol. The highest BCUT2D eigenvalue weighted by molar-refractivity contribution is 5.32. The summed E-state index contributed by atoms with van der Waals surface area (Å²) in [6.07, 6.45) is 4.18. The lowest BCUT2D eigenvalue weighted by Crippen LogP contribution is -2.35. The Morgan fingerprint density at radius 2 is 1.75 bits per heavy atom. The quantitative estimate of drug-likeness (QED) is 0.860. The van der Waals surface area contributed by atoms with E-state index in [1.54, 1.807) is 0 Å². The van der Waals surface area contributed by atoms with Crippen LogP contribution in [0.5, 0.6) is 0 Å². The zero-order valence-electron chi connectivity index (χ0n) is 11.4. The second kappa shape index (κ2) is 4.70. The van der Waals surface area contributed by atoms with Gasteiger partial charge >= 0.3 is 0 Å². The van der Waals surface area contributed by atoms with E-state index in [1.807, 2.05) is 6.07 Å². The van der Waals surface area contributed by atoms with Crippen molar-refractivity contribution in [2.45, 2.75) is 37.0 Å². The van der Waals surface area contributed by atoms with Gasteiger partial charge in [0.1, 0.15) is 0 Å². The number of hydrogen-bond acceptors (Lipinski definition) is 4. The number of rotatable bonds is 3. The predicted molar refractivity (Wildman–Crippen MR) is 73.5 cm³/mol. The average molecular weight is 270 g/mol. The van der Waals surface area contributed by atoms with Gasteiger partial charge in [-0.2, -0.15) is 0 Å². The maximum absolute atomic E-state index is 6.03. The van der Waals surface area contributed by atoms with Gasteiger partial charge in [-0.1, -0.05) is 30.3 Å². The molecule has 2 fully saturated rings. The first kappa shape index (κ1) is 12.1. The summed E-state index contributed by atoms with van der Waals surface area (Å²) >= 11 is 0. The smallest absolute Gasteiger partial charge is 0.227 e. The largest absolute Gasteiger partial charge is 0.424 e. The highest BCUT2D eigenvalue weighted by Crippen LogP contribution is 2.44. The minimum atomic E-state index is -0.167. The molecule has 4 rings (SSSR count). The van der Waals surface area contributed by atoms with Crippen molar-refractivity contribution in [3.8, 4) is 0 Å². The molecule has 0 unspecified atom stereocenters. The maximum atomic E-state index is 6.03. The third-order valence-corrected chi connectivity index (χ3v) is 4.45. The fourth-order valence-electron chi connectivity index (χ4n) is 3.03. The lowest BCUT2D eigenvalue weighted by Gasteiger charge is -2.34. The fraction of sp³-hybridized carbons (Fsp3) is 0.500. The van der Waals surface area contributed by atoms with E-state index in [4.69, 9.17) is 9.15 Å². The number of aromatic nitrogens is 2. The Hall–Kier alpha value is -1.68. The Labute approximate surface area is 118 Å². The average Bonchev–Trinajstić information content (AvgIpc) is 3.26. The Morgan fingerprint density at radius 3 is 2.45 bits per heavy atom. The summed E-state index contributed by atoms with van der Waals surface area (Å²) in [6, 6.07) is 10.5. The first-order valence-corrected chi connectivity index (χ1v) is 7.36. The zero-order valence-corrected chi connectivity index (χ0v) is 11.4. The van der Waals surface area contributed by atoms with Gasteiger partial charge in [-0.05, 0) is 31.2 Å². The molecule has 4 heteroatoms. The number of hydrogen-bond donors (Lipinski definition) is 0. The Bertz CT molecular complexity index is 584. The highest BCUT2D eigenvalue weighted by Gasteiger charge is 2.42. The van der Waals surface area contributed by atoms with E-state index in [9.17, 15) is 0 Å². The molecule has 0 radical (unpaired) electrons. The van der Waals surface area contributed by atoms with Crippen molar-refractivity contribution in [1.82, 2.24) is 10.2 Å². The van der Waals surface area contributed by atoms with Crippen LogP contribution in [0.4, 0.5) is 0 Å². The minimum absolute atomic E-state index is 0.167. The van der Waals surface area contributed by atoms with Crippen LogP contribution in [0.15, 0.2) is 34.7 Å². The molecule has 0 N–H and O–H groups in total. The topological polar surface area (TPSA) is 48.2 Å². The first-order chi connectivity index (χ1) is 9.88. The maximum Gasteiger partial charge on any atom is 0.227 e. The number of nitrogens with zero attached hydrogens (tertiary/aromatic N) is 2. The van der Waals surface area contributed by atoms with Crippen molar-refractivity contribution in [3.05, 3.63) is 47.7 Å². The van der Waals surface area contributed by atoms with Crippen molar-refractivity contribution in [3.63, 3.8) is 0 Å². The van der Waals surface area contributed by atoms with Gasteiger partial charge in [0.25, 0.3) is 0 Å². The molecule has 2 heterocycles. The summed E-state index contributed by atoms with van der Waals surface area (Å²) in [5.74, 6) is 2.10. The molecule has 0 bridgehead atoms. The molecule has 1 aliphatic heterocycles. The lowest BCUT2D eigenvalue weighted by atomic mass is 9.74. The van der Waals surface area contributed by atoms with Crippen LogP contribution >= 0.6 is 0 Å². The lowest BCUT2D eigenvalue weighted by molar-refractivity contribution is 0.0540. The summed E-state index contributed by atoms with van der Waals surface area (Å²) in [5.41, 5.74) is 1.09. The third-order valence-electron chi connectivity index (χ3n) is 4.45. The summed E-state index contributed by atoms with van der Waals surface area (Å²) < 4.78 is 11.6. The summed E-state index contributed by atoms with van der Waals surface area (Å²) in [5, 5.41) is 8.64. The van der Waals surface area contributed by atoms with E-state index in [0.717, 1.165) is 37.8 Å². The predicted octanol–water partition coefficient (Wildman–Crippen LogP) is 3.04. The molecule has 2 aromatic rings. The van der Waals surface area contributed by atoms with E-state index < -0.39 is 0 Å². The van der Waals surface area contributed by atoms with E-state index in [0.29, 0.717) is 5.92 Å². The van der Waals surface area contributed by atoms with Crippen LogP contribution in [0, 0.1) is 0 Å². The Morgan fingerprint density at radius 1 is 1.00 bits per heavy atom. The molecule has 1 saturated heterocycles. The van der Waals surface area contributed by atoms with E-state index in [2.05, 4.69) is 34.5 Å². The normalized spacial score (nSPS) is 21.8. The molecular formula is C16H18N2O2. The fourth-order valence-corrected chi connectivity index (χ4v) is 3.03. The first-order valence-electron chi connectivity index (χ1n) is 7.36. The highest BCUT2D eigenvalue weighted by atomic mass is 16.5. The molecule has 2 aliphatic rings. The van der Waals surface area contributed by atoms with Crippen LogP contribution in [-0.4, -0.2) is 23.4 Å². The minimum Gasteiger partial charge on any atom is -0.424 e. The molecule has 1 aromatic heterocycles. The van der Waals surface area contributed by atoms with Crippen LogP contribution in [-0.2, 0) is 10.2 Å². The van der Waals surface area contributed by atoms with Gasteiger partial charge in [0.05, 0.1) is 5.41 Å². The molecule has 1 aliphatic carbocycles. The van der Waals surface area contributed by atoms with Crippen LogP contribution in [0.1, 0.15) is 48.9 Å². The van der Waals surface area contributed by atoms with Crippen LogP contribution < -0.4 is 0 Å². The summed E-state index contributed by atoms with van der Waals surface area (Å²) in [4.78, 5) is 0. The molecule has 4 nitrogen and oxygen atoms in total. The molecule has 104 valence electrons. The molecule has 0 amide bonds. The van der Waals surface area contributed by atoms with Crippen LogP contribution in [0.3, 0.4) is 0 Å². The van der Waals surface area contributed by atoms with E-state index in [-0.39, 0.29) is 5.41 Å². The molecule has 1 aromatic carbocycles. The van der Waals surface area contributed by atoms with Crippen molar-refractivity contribution in [2.75, 3.05) is 13.2 Å². The molecule has 1 saturated carbocycles. The van der Waals surface area contributed by atoms with Gasteiger partial charge < -0.3 is 9.15 Å². The van der Waals surface area contributed by atoms with Gasteiger partial charge in [0.2, 0.25) is 11.8 Å². The standard InChI is InChI=1S/C16H18N2O2/c1-2-4-13(5-3-1)16(8-10-19-11-9-16)15-18-17-14(20-15)12-6-7-12/h1-5,12H,6-11H2. The van der Waals surface area contributed by atoms with E-state index >= 15 is 0 Å². The molecule has 0 spiro atoms. The number of ether oxygens (including phenoxy) is 1. The van der Waals surface area contributed by atoms with Crippen LogP contribution in [0.2, 0.25) is 0 Å². The second-order valence-electron chi connectivity index (χ2n) is 5.78. The number of benzene rings is 1. The van der Waals surface area contributed by atoms with E-state index in [1.165, 1.54) is 18.4 Å². The van der Waals surface area contributed by atoms with Crippen molar-refractivity contribution < 1.29 is 9.15 Å². The van der Waals surface area contributed by atoms with Crippen molar-refractivity contribution >= 4 is 0 Å². The van der Waals surface area contributed by atoms with Gasteiger partial charge in [-0.25, -0.2) is 0 Å². The van der Waals surface area contributed by atoms with Crippen molar-refractivity contribution in [1.29, 1.82) is 0 Å². The van der Waals surface area contributed by atoms with Gasteiger partial charge in [0.15, 0.2) is 0 Å². The Balaban J connectivity index is 1.77.